The van der Waals surface area contributed by atoms with Crippen molar-refractivity contribution in [2.75, 3.05) is 10.6 Å². The molecule has 1 aromatic heterocycles. The van der Waals surface area contributed by atoms with E-state index in [1.165, 1.54) is 29.2 Å². The average molecular weight is 289 g/mol. The van der Waals surface area contributed by atoms with E-state index in [4.69, 9.17) is 0 Å². The first-order valence-corrected chi connectivity index (χ1v) is 6.36. The van der Waals surface area contributed by atoms with Gasteiger partial charge in [-0.05, 0) is 18.2 Å². The third-order valence-corrected chi connectivity index (χ3v) is 3.15. The van der Waals surface area contributed by atoms with Crippen LogP contribution in [-0.4, -0.2) is 26.6 Å². The largest absolute Gasteiger partial charge is 0.326 e. The van der Waals surface area contributed by atoms with Crippen LogP contribution in [0.4, 0.5) is 16.0 Å². The fourth-order valence-electron chi connectivity index (χ4n) is 2.16. The molecule has 1 aromatic carbocycles. The van der Waals surface area contributed by atoms with Crippen LogP contribution in [0.25, 0.3) is 0 Å². The number of hydrogen-bond acceptors (Lipinski definition) is 4. The highest BCUT2D eigenvalue weighted by atomic mass is 19.1. The van der Waals surface area contributed by atoms with E-state index in [0.717, 1.165) is 0 Å². The molecule has 0 bridgehead atoms. The summed E-state index contributed by atoms with van der Waals surface area (Å²) in [4.78, 5) is 27.7. The number of carbonyl (C=O) groups excluding carboxylic acids is 2. The van der Waals surface area contributed by atoms with Crippen LogP contribution in [0.1, 0.15) is 6.42 Å². The number of nitrogens with zero attached hydrogens (tertiary/aromatic N) is 3. The number of benzene rings is 1. The summed E-state index contributed by atoms with van der Waals surface area (Å²) in [7, 11) is 0. The molecule has 0 fully saturated rings. The van der Waals surface area contributed by atoms with Crippen LogP contribution in [0.3, 0.4) is 0 Å². The summed E-state index contributed by atoms with van der Waals surface area (Å²) < 4.78 is 14.6. The Labute approximate surface area is 119 Å². The second-order valence-corrected chi connectivity index (χ2v) is 4.71. The third-order valence-electron chi connectivity index (χ3n) is 3.15. The van der Waals surface area contributed by atoms with Gasteiger partial charge in [0.05, 0.1) is 12.5 Å². The SMILES string of the molecule is O=C(C[C@@H]1Cn2ncnc2NC1=O)Nc1cccc(F)c1. The summed E-state index contributed by atoms with van der Waals surface area (Å²) >= 11 is 0. The van der Waals surface area contributed by atoms with Gasteiger partial charge in [-0.15, -0.1) is 0 Å². The maximum Gasteiger partial charge on any atom is 0.232 e. The Bertz CT molecular complexity index is 699. The Kier molecular flexibility index (Phi) is 3.35. The van der Waals surface area contributed by atoms with Gasteiger partial charge < -0.3 is 5.32 Å². The van der Waals surface area contributed by atoms with Crippen molar-refractivity contribution in [3.8, 4) is 0 Å². The molecule has 2 amide bonds. The smallest absolute Gasteiger partial charge is 0.232 e. The number of halogens is 1. The minimum Gasteiger partial charge on any atom is -0.326 e. The Balaban J connectivity index is 1.64. The molecule has 3 rings (SSSR count). The first kappa shape index (κ1) is 13.2. The van der Waals surface area contributed by atoms with Crippen LogP contribution < -0.4 is 10.6 Å². The monoisotopic (exact) mass is 289 g/mol. The van der Waals surface area contributed by atoms with Crippen LogP contribution >= 0.6 is 0 Å². The second-order valence-electron chi connectivity index (χ2n) is 4.71. The molecule has 0 saturated heterocycles. The van der Waals surface area contributed by atoms with E-state index < -0.39 is 11.7 Å². The molecule has 1 aliphatic rings. The van der Waals surface area contributed by atoms with Crippen molar-refractivity contribution < 1.29 is 14.0 Å². The lowest BCUT2D eigenvalue weighted by molar-refractivity contribution is -0.125. The number of rotatable bonds is 3. The van der Waals surface area contributed by atoms with Gasteiger partial charge in [0.2, 0.25) is 17.8 Å². The molecular formula is C13H12FN5O2. The van der Waals surface area contributed by atoms with E-state index in [-0.39, 0.29) is 24.8 Å². The molecule has 0 aliphatic carbocycles. The van der Waals surface area contributed by atoms with Crippen molar-refractivity contribution in [1.29, 1.82) is 0 Å². The molecule has 0 saturated carbocycles. The summed E-state index contributed by atoms with van der Waals surface area (Å²) in [5.41, 5.74) is 0.359. The number of nitrogens with one attached hydrogen (secondary N) is 2. The number of aromatic nitrogens is 3. The van der Waals surface area contributed by atoms with Gasteiger partial charge in [0.25, 0.3) is 0 Å². The van der Waals surface area contributed by atoms with E-state index >= 15 is 0 Å². The molecule has 2 N–H and O–H groups in total. The van der Waals surface area contributed by atoms with E-state index in [0.29, 0.717) is 11.6 Å². The van der Waals surface area contributed by atoms with Crippen molar-refractivity contribution in [3.05, 3.63) is 36.4 Å². The van der Waals surface area contributed by atoms with Crippen LogP contribution in [0.15, 0.2) is 30.6 Å². The van der Waals surface area contributed by atoms with Gasteiger partial charge in [0, 0.05) is 12.1 Å². The summed E-state index contributed by atoms with van der Waals surface area (Å²) in [6.45, 7) is 0.289. The summed E-state index contributed by atoms with van der Waals surface area (Å²) in [5.74, 6) is -1.22. The minimum absolute atomic E-state index is 0.0123. The van der Waals surface area contributed by atoms with Crippen LogP contribution in [0.5, 0.6) is 0 Å². The predicted molar refractivity (Wildman–Crippen MR) is 71.8 cm³/mol. The molecule has 8 heteroatoms. The fraction of sp³-hybridized carbons (Fsp3) is 0.231. The lowest BCUT2D eigenvalue weighted by atomic mass is 10.0. The predicted octanol–water partition coefficient (Wildman–Crippen LogP) is 1.01. The van der Waals surface area contributed by atoms with Crippen molar-refractivity contribution in [2.24, 2.45) is 5.92 Å². The second kappa shape index (κ2) is 5.31. The molecule has 7 nitrogen and oxygen atoms in total. The zero-order valence-electron chi connectivity index (χ0n) is 10.9. The normalized spacial score (nSPS) is 17.0. The highest BCUT2D eigenvalue weighted by Gasteiger charge is 2.29. The molecule has 2 heterocycles. The van der Waals surface area contributed by atoms with E-state index in [1.807, 2.05) is 0 Å². The van der Waals surface area contributed by atoms with Crippen LogP contribution in [0.2, 0.25) is 0 Å². The van der Waals surface area contributed by atoms with Gasteiger partial charge in [-0.1, -0.05) is 6.07 Å². The standard InChI is InChI=1S/C13H12FN5O2/c14-9-2-1-3-10(5-9)17-11(20)4-8-6-19-13(15-7-16-19)18-12(8)21/h1-3,5,7-8H,4,6H2,(H,17,20)(H,15,16,18,21)/t8-/m1/s1. The first-order valence-electron chi connectivity index (χ1n) is 6.36. The molecule has 2 aromatic rings. The molecule has 21 heavy (non-hydrogen) atoms. The molecule has 1 atom stereocenters. The van der Waals surface area contributed by atoms with E-state index in [9.17, 15) is 14.0 Å². The maximum absolute atomic E-state index is 13.0. The maximum atomic E-state index is 13.0. The van der Waals surface area contributed by atoms with Crippen molar-refractivity contribution in [3.63, 3.8) is 0 Å². The molecular weight excluding hydrogens is 277 g/mol. The minimum atomic E-state index is -0.534. The summed E-state index contributed by atoms with van der Waals surface area (Å²) in [5, 5.41) is 9.10. The highest BCUT2D eigenvalue weighted by Crippen LogP contribution is 2.19. The molecule has 0 unspecified atom stereocenters. The third kappa shape index (κ3) is 2.88. The average Bonchev–Trinajstić information content (AvgIpc) is 2.86. The topological polar surface area (TPSA) is 88.9 Å². The Morgan fingerprint density at radius 1 is 1.52 bits per heavy atom. The number of hydrogen-bond donors (Lipinski definition) is 2. The van der Waals surface area contributed by atoms with E-state index in [1.54, 1.807) is 6.07 Å². The lowest BCUT2D eigenvalue weighted by Crippen LogP contribution is -2.36. The highest BCUT2D eigenvalue weighted by molar-refractivity contribution is 5.98. The van der Waals surface area contributed by atoms with Gasteiger partial charge >= 0.3 is 0 Å². The zero-order valence-corrected chi connectivity index (χ0v) is 10.9. The van der Waals surface area contributed by atoms with Gasteiger partial charge in [-0.3, -0.25) is 14.9 Å². The zero-order chi connectivity index (χ0) is 14.8. The Morgan fingerprint density at radius 3 is 3.19 bits per heavy atom. The Hall–Kier alpha value is -2.77. The van der Waals surface area contributed by atoms with Crippen molar-refractivity contribution in [2.45, 2.75) is 13.0 Å². The number of amides is 2. The number of anilines is 2. The van der Waals surface area contributed by atoms with Crippen molar-refractivity contribution in [1.82, 2.24) is 14.8 Å². The molecule has 0 radical (unpaired) electrons. The Morgan fingerprint density at radius 2 is 2.38 bits per heavy atom. The van der Waals surface area contributed by atoms with E-state index in [2.05, 4.69) is 20.7 Å². The molecule has 0 spiro atoms. The van der Waals surface area contributed by atoms with Gasteiger partial charge in [-0.25, -0.2) is 9.07 Å². The van der Waals surface area contributed by atoms with Crippen LogP contribution in [0, 0.1) is 11.7 Å². The number of carbonyl (C=O) groups is 2. The number of fused-ring (bicyclic) bond motifs is 1. The summed E-state index contributed by atoms with van der Waals surface area (Å²) in [6, 6.07) is 5.59. The van der Waals surface area contributed by atoms with Gasteiger partial charge in [0.15, 0.2) is 0 Å². The fourth-order valence-corrected chi connectivity index (χ4v) is 2.16. The summed E-state index contributed by atoms with van der Waals surface area (Å²) in [6.07, 6.45) is 1.33. The molecule has 108 valence electrons. The van der Waals surface area contributed by atoms with Crippen LogP contribution in [-0.2, 0) is 16.1 Å². The first-order chi connectivity index (χ1) is 10.1. The molecule has 1 aliphatic heterocycles. The van der Waals surface area contributed by atoms with Gasteiger partial charge in [0.1, 0.15) is 12.1 Å². The van der Waals surface area contributed by atoms with Crippen molar-refractivity contribution >= 4 is 23.5 Å². The lowest BCUT2D eigenvalue weighted by Gasteiger charge is -2.21. The quantitative estimate of drug-likeness (QED) is 0.882. The van der Waals surface area contributed by atoms with Gasteiger partial charge in [-0.2, -0.15) is 10.1 Å².